The molecular weight excluding hydrogens is 755 g/mol. The number of phenolic OH excluding ortho intramolecular Hbond substituents is 1. The minimum atomic E-state index is -1.15. The Morgan fingerprint density at radius 1 is 1.05 bits per heavy atom. The zero-order chi connectivity index (χ0) is 39.5. The number of benzene rings is 3. The van der Waals surface area contributed by atoms with Crippen molar-refractivity contribution in [1.82, 2.24) is 24.7 Å². The van der Waals surface area contributed by atoms with Crippen LogP contribution in [0.25, 0.3) is 20.8 Å². The average Bonchev–Trinajstić information content (AvgIpc) is 3.83. The van der Waals surface area contributed by atoms with E-state index in [4.69, 9.17) is 14.2 Å². The first-order valence-corrected chi connectivity index (χ1v) is 20.4. The number of ether oxygens (including phenoxy) is 3. The highest BCUT2D eigenvalue weighted by Gasteiger charge is 2.41. The zero-order valence-corrected chi connectivity index (χ0v) is 33.4. The molecule has 0 radical (unpaired) electrons. The van der Waals surface area contributed by atoms with E-state index in [0.29, 0.717) is 48.0 Å². The summed E-state index contributed by atoms with van der Waals surface area (Å²) in [5.41, 5.74) is 1.87. The van der Waals surface area contributed by atoms with E-state index < -0.39 is 17.8 Å². The summed E-state index contributed by atoms with van der Waals surface area (Å²) in [5.74, 6) is 0.559. The van der Waals surface area contributed by atoms with Crippen LogP contribution < -0.4 is 9.61 Å². The van der Waals surface area contributed by atoms with Gasteiger partial charge >= 0.3 is 11.0 Å². The normalized spacial score (nSPS) is 16.5. The SMILES string of the molecule is CC(C)(C)OC(=O)N(Cc1ccc(OCCN2CCC3(CC2)CN(C(=O)c2csc(-c4ccccc4)n2)CCO3)cc1)CC(O)c1ccc(O)c2[nH]c(=O)sc12. The lowest BCUT2D eigenvalue weighted by molar-refractivity contribution is -0.127. The Kier molecular flexibility index (Phi) is 11.8. The highest BCUT2D eigenvalue weighted by atomic mass is 32.1. The van der Waals surface area contributed by atoms with Crippen molar-refractivity contribution in [3.8, 4) is 22.1 Å². The fraction of sp³-hybridized carbons (Fsp3) is 0.415. The largest absolute Gasteiger partial charge is 0.506 e. The number of aromatic nitrogens is 2. The first-order chi connectivity index (χ1) is 26.8. The molecule has 0 bridgehead atoms. The molecule has 1 atom stereocenters. The highest BCUT2D eigenvalue weighted by Crippen LogP contribution is 2.34. The lowest BCUT2D eigenvalue weighted by Crippen LogP contribution is -2.58. The van der Waals surface area contributed by atoms with Crippen LogP contribution in [0, 0.1) is 0 Å². The summed E-state index contributed by atoms with van der Waals surface area (Å²) in [6.45, 7) is 9.93. The first kappa shape index (κ1) is 39.4. The molecule has 3 aromatic carbocycles. The maximum absolute atomic E-state index is 13.4. The van der Waals surface area contributed by atoms with E-state index >= 15 is 0 Å². The van der Waals surface area contributed by atoms with Crippen molar-refractivity contribution in [1.29, 1.82) is 0 Å². The number of rotatable bonds is 11. The quantitative estimate of drug-likeness (QED) is 0.139. The molecule has 7 rings (SSSR count). The second-order valence-corrected chi connectivity index (χ2v) is 17.1. The lowest BCUT2D eigenvalue weighted by Gasteiger charge is -2.47. The molecule has 2 aromatic heterocycles. The van der Waals surface area contributed by atoms with E-state index in [2.05, 4.69) is 14.9 Å². The Morgan fingerprint density at radius 2 is 1.80 bits per heavy atom. The van der Waals surface area contributed by atoms with Gasteiger partial charge in [0.15, 0.2) is 0 Å². The van der Waals surface area contributed by atoms with E-state index in [0.717, 1.165) is 59.9 Å². The number of nitrogens with zero attached hydrogens (tertiary/aromatic N) is 4. The molecule has 2 amide bonds. The molecule has 296 valence electrons. The number of morpholine rings is 1. The molecular formula is C41H47N5O8S2. The molecule has 1 spiro atoms. The van der Waals surface area contributed by atoms with E-state index in [9.17, 15) is 24.6 Å². The van der Waals surface area contributed by atoms with Crippen LogP contribution in [0.5, 0.6) is 11.5 Å². The van der Waals surface area contributed by atoms with Crippen LogP contribution in [0.4, 0.5) is 4.79 Å². The van der Waals surface area contributed by atoms with Crippen molar-refractivity contribution in [3.63, 3.8) is 0 Å². The number of phenols is 1. The summed E-state index contributed by atoms with van der Waals surface area (Å²) in [6, 6.07) is 20.3. The number of H-pyrrole nitrogens is 1. The van der Waals surface area contributed by atoms with E-state index in [1.807, 2.05) is 64.9 Å². The number of aromatic hydroxyl groups is 1. The monoisotopic (exact) mass is 801 g/mol. The maximum atomic E-state index is 13.4. The minimum Gasteiger partial charge on any atom is -0.506 e. The van der Waals surface area contributed by atoms with Gasteiger partial charge in [-0.25, -0.2) is 9.78 Å². The second-order valence-electron chi connectivity index (χ2n) is 15.3. The van der Waals surface area contributed by atoms with Crippen molar-refractivity contribution < 1.29 is 34.0 Å². The van der Waals surface area contributed by atoms with Gasteiger partial charge in [-0.2, -0.15) is 0 Å². The van der Waals surface area contributed by atoms with Gasteiger partial charge in [0.1, 0.15) is 39.9 Å². The number of thiazole rings is 2. The van der Waals surface area contributed by atoms with E-state index in [1.165, 1.54) is 22.3 Å². The predicted molar refractivity (Wildman–Crippen MR) is 215 cm³/mol. The van der Waals surface area contributed by atoms with Gasteiger partial charge in [0, 0.05) is 49.2 Å². The van der Waals surface area contributed by atoms with E-state index in [-0.39, 0.29) is 40.7 Å². The Hall–Kier alpha value is -4.80. The van der Waals surface area contributed by atoms with Crippen LogP contribution in [0.3, 0.4) is 0 Å². The molecule has 2 aliphatic heterocycles. The number of hydrogen-bond donors (Lipinski definition) is 3. The molecule has 56 heavy (non-hydrogen) atoms. The van der Waals surface area contributed by atoms with Crippen molar-refractivity contribution in [2.75, 3.05) is 52.5 Å². The molecule has 5 aromatic rings. The van der Waals surface area contributed by atoms with Gasteiger partial charge < -0.3 is 39.2 Å². The number of hydrogen-bond acceptors (Lipinski definition) is 12. The highest BCUT2D eigenvalue weighted by molar-refractivity contribution is 7.16. The maximum Gasteiger partial charge on any atom is 0.410 e. The minimum absolute atomic E-state index is 0.0456. The standard InChI is InChI=1S/C41H47N5O8S2/c1-40(2,3)54-39(51)46(24-33(48)30-13-14-32(47)34-35(30)56-38(50)43-34)23-27-9-11-29(12-10-27)52-21-19-44-17-15-41(16-18-44)26-45(20-22-53-41)37(49)31-25-55-36(42-31)28-7-5-4-6-8-28/h4-14,25,33,47-48H,15-24,26H2,1-3H3,(H,43,50). The Labute approximate surface area is 333 Å². The van der Waals surface area contributed by atoms with Crippen LogP contribution in [0.2, 0.25) is 0 Å². The van der Waals surface area contributed by atoms with Crippen molar-refractivity contribution >= 4 is 44.9 Å². The number of fused-ring (bicyclic) bond motifs is 1. The Bertz CT molecular complexity index is 2190. The predicted octanol–water partition coefficient (Wildman–Crippen LogP) is 6.28. The molecule has 0 saturated carbocycles. The van der Waals surface area contributed by atoms with Gasteiger partial charge in [-0.15, -0.1) is 11.3 Å². The number of likely N-dealkylation sites (tertiary alicyclic amines) is 1. The zero-order valence-electron chi connectivity index (χ0n) is 31.7. The number of aliphatic hydroxyl groups is 1. The Morgan fingerprint density at radius 3 is 2.54 bits per heavy atom. The number of aliphatic hydroxyl groups excluding tert-OH is 1. The third-order valence-corrected chi connectivity index (χ3v) is 11.8. The number of aromatic amines is 1. The second kappa shape index (κ2) is 16.7. The molecule has 4 heterocycles. The summed E-state index contributed by atoms with van der Waals surface area (Å²) in [5, 5.41) is 24.1. The van der Waals surface area contributed by atoms with Crippen molar-refractivity contribution in [2.24, 2.45) is 0 Å². The fourth-order valence-electron chi connectivity index (χ4n) is 7.10. The molecule has 0 aliphatic carbocycles. The number of carbonyl (C=O) groups excluding carboxylic acids is 2. The molecule has 13 nitrogen and oxygen atoms in total. The fourth-order valence-corrected chi connectivity index (χ4v) is 8.81. The van der Waals surface area contributed by atoms with Gasteiger partial charge in [0.05, 0.1) is 36.1 Å². The lowest BCUT2D eigenvalue weighted by atomic mass is 9.89. The molecule has 2 saturated heterocycles. The molecule has 2 aliphatic rings. The number of carbonyl (C=O) groups is 2. The molecule has 2 fully saturated rings. The number of nitrogens with one attached hydrogen (secondary N) is 1. The summed E-state index contributed by atoms with van der Waals surface area (Å²) in [6.07, 6.45) is -0.0899. The first-order valence-electron chi connectivity index (χ1n) is 18.7. The van der Waals surface area contributed by atoms with Gasteiger partial charge in [0.25, 0.3) is 5.91 Å². The summed E-state index contributed by atoms with van der Waals surface area (Å²) in [7, 11) is 0. The molecule has 3 N–H and O–H groups in total. The van der Waals surface area contributed by atoms with Crippen molar-refractivity contribution in [3.05, 3.63) is 98.6 Å². The average molecular weight is 802 g/mol. The van der Waals surface area contributed by atoms with Crippen molar-refractivity contribution in [2.45, 2.75) is 57.5 Å². The Balaban J connectivity index is 0.897. The van der Waals surface area contributed by atoms with Gasteiger partial charge in [-0.3, -0.25) is 14.5 Å². The number of amides is 2. The van der Waals surface area contributed by atoms with Gasteiger partial charge in [0.2, 0.25) is 0 Å². The van der Waals surface area contributed by atoms with Gasteiger partial charge in [-0.1, -0.05) is 59.9 Å². The smallest absolute Gasteiger partial charge is 0.410 e. The summed E-state index contributed by atoms with van der Waals surface area (Å²) < 4.78 is 18.5. The van der Waals surface area contributed by atoms with Crippen LogP contribution in [-0.4, -0.2) is 111 Å². The molecule has 1 unspecified atom stereocenters. The summed E-state index contributed by atoms with van der Waals surface area (Å²) >= 11 is 2.38. The van der Waals surface area contributed by atoms with Crippen LogP contribution in [-0.2, 0) is 16.0 Å². The van der Waals surface area contributed by atoms with E-state index in [1.54, 1.807) is 26.8 Å². The van der Waals surface area contributed by atoms with Gasteiger partial charge in [-0.05, 0) is 57.4 Å². The topological polar surface area (TPSA) is 158 Å². The third kappa shape index (κ3) is 9.41. The van der Waals surface area contributed by atoms with Crippen LogP contribution >= 0.6 is 22.7 Å². The molecule has 15 heteroatoms. The summed E-state index contributed by atoms with van der Waals surface area (Å²) in [4.78, 5) is 51.3. The van der Waals surface area contributed by atoms with Crippen LogP contribution in [0.1, 0.15) is 61.3 Å². The van der Waals surface area contributed by atoms with Crippen LogP contribution in [0.15, 0.2) is 76.9 Å². The third-order valence-electron chi connectivity index (χ3n) is 10.0. The number of piperidine rings is 1.